The number of carbonyl (C=O) groups is 1. The van der Waals surface area contributed by atoms with Crippen LogP contribution in [0.15, 0.2) is 0 Å². The monoisotopic (exact) mass is 366 g/mol. The highest BCUT2D eigenvalue weighted by molar-refractivity contribution is 5.79. The molecule has 9 rings (SSSR count). The molecule has 27 heavy (non-hydrogen) atoms. The maximum absolute atomic E-state index is 13.4. The molecule has 0 aromatic heterocycles. The molecule has 0 amide bonds. The number of methoxy groups -OCH3 is 1. The van der Waals surface area contributed by atoms with E-state index < -0.39 is 0 Å². The molecule has 9 fully saturated rings. The Hall–Kier alpha value is -0.570. The first-order valence-electron chi connectivity index (χ1n) is 11.6. The highest BCUT2D eigenvalue weighted by Crippen LogP contribution is 3.02. The molecule has 1 saturated heterocycles. The second-order valence-corrected chi connectivity index (χ2v) is 12.9. The van der Waals surface area contributed by atoms with Gasteiger partial charge >= 0.3 is 5.97 Å². The van der Waals surface area contributed by atoms with Crippen LogP contribution in [-0.2, 0) is 14.3 Å². The summed E-state index contributed by atoms with van der Waals surface area (Å²) in [6, 6.07) is 0. The fraction of sp³-hybridized carbons (Fsp3) is 0.958. The van der Waals surface area contributed by atoms with Crippen LogP contribution in [-0.4, -0.2) is 24.3 Å². The summed E-state index contributed by atoms with van der Waals surface area (Å²) >= 11 is 0. The molecule has 8 saturated carbocycles. The van der Waals surface area contributed by atoms with Crippen LogP contribution in [0.5, 0.6) is 0 Å². The van der Waals surface area contributed by atoms with E-state index in [1.54, 1.807) is 7.11 Å². The van der Waals surface area contributed by atoms with Crippen molar-refractivity contribution >= 4 is 5.97 Å². The number of rotatable bonds is 1. The van der Waals surface area contributed by atoms with Crippen molar-refractivity contribution in [3.05, 3.63) is 0 Å². The van der Waals surface area contributed by atoms with Gasteiger partial charge in [-0.25, -0.2) is 0 Å². The van der Waals surface area contributed by atoms with Gasteiger partial charge in [0, 0.05) is 10.8 Å². The number of fused-ring (bicyclic) bond motifs is 2. The van der Waals surface area contributed by atoms with Crippen molar-refractivity contribution in [3.63, 3.8) is 0 Å². The molecule has 9 aliphatic rings. The van der Waals surface area contributed by atoms with E-state index in [1.807, 2.05) is 0 Å². The molecular formula is C24H30O3. The predicted octanol–water partition coefficient (Wildman–Crippen LogP) is 3.52. The van der Waals surface area contributed by atoms with Crippen molar-refractivity contribution < 1.29 is 14.3 Å². The normalized spacial score (nSPS) is 81.5. The van der Waals surface area contributed by atoms with E-state index in [4.69, 9.17) is 9.47 Å². The van der Waals surface area contributed by atoms with Gasteiger partial charge in [-0.15, -0.1) is 0 Å². The van der Waals surface area contributed by atoms with Crippen molar-refractivity contribution in [1.82, 2.24) is 0 Å². The first kappa shape index (κ1) is 14.4. The molecule has 0 aromatic carbocycles. The Labute approximate surface area is 160 Å². The lowest BCUT2D eigenvalue weighted by Crippen LogP contribution is -2.48. The minimum absolute atomic E-state index is 0.131. The lowest BCUT2D eigenvalue weighted by Gasteiger charge is -2.41. The SMILES string of the molecule is COC(=O)[C@]1(C)[C@@H]2[C@@H]3CC[C@]45O[C@]46[C@@]4(C)[C@@H]7[C@@H]([C@H]2[C@@H]4[C@@H]35)[C@H]1[C@H]1CC[C@]6(C)[C@@H]17. The van der Waals surface area contributed by atoms with Crippen LogP contribution in [0.2, 0.25) is 0 Å². The van der Waals surface area contributed by atoms with E-state index in [0.717, 1.165) is 47.3 Å². The van der Waals surface area contributed by atoms with E-state index in [9.17, 15) is 4.79 Å². The van der Waals surface area contributed by atoms with Gasteiger partial charge in [0.15, 0.2) is 0 Å². The zero-order valence-corrected chi connectivity index (χ0v) is 16.8. The fourth-order valence-corrected chi connectivity index (χ4v) is 14.4. The van der Waals surface area contributed by atoms with Gasteiger partial charge < -0.3 is 9.47 Å². The van der Waals surface area contributed by atoms with E-state index >= 15 is 0 Å². The summed E-state index contributed by atoms with van der Waals surface area (Å²) in [4.78, 5) is 13.4. The molecule has 0 N–H and O–H groups in total. The number of epoxide rings is 1. The molecule has 2 spiro atoms. The maximum Gasteiger partial charge on any atom is 0.312 e. The first-order valence-corrected chi connectivity index (χ1v) is 11.6. The van der Waals surface area contributed by atoms with E-state index in [-0.39, 0.29) is 22.6 Å². The van der Waals surface area contributed by atoms with Crippen LogP contribution in [0.3, 0.4) is 0 Å². The molecule has 0 radical (unpaired) electrons. The van der Waals surface area contributed by atoms with Crippen LogP contribution in [0, 0.1) is 75.4 Å². The molecule has 0 unspecified atom stereocenters. The molecule has 8 aliphatic carbocycles. The van der Waals surface area contributed by atoms with Gasteiger partial charge in [0.2, 0.25) is 0 Å². The van der Waals surface area contributed by atoms with E-state index in [0.29, 0.717) is 22.7 Å². The second kappa shape index (κ2) is 3.24. The van der Waals surface area contributed by atoms with Gasteiger partial charge in [-0.05, 0) is 91.8 Å². The smallest absolute Gasteiger partial charge is 0.312 e. The second-order valence-electron chi connectivity index (χ2n) is 12.9. The Morgan fingerprint density at radius 1 is 0.889 bits per heavy atom. The van der Waals surface area contributed by atoms with Crippen molar-refractivity contribution in [1.29, 1.82) is 0 Å². The summed E-state index contributed by atoms with van der Waals surface area (Å²) in [6.45, 7) is 7.67. The van der Waals surface area contributed by atoms with Gasteiger partial charge in [0.25, 0.3) is 0 Å². The summed E-state index contributed by atoms with van der Waals surface area (Å²) in [7, 11) is 1.64. The summed E-state index contributed by atoms with van der Waals surface area (Å²) in [5.41, 5.74) is 0.961. The molecule has 15 atom stereocenters. The summed E-state index contributed by atoms with van der Waals surface area (Å²) < 4.78 is 12.7. The maximum atomic E-state index is 13.4. The van der Waals surface area contributed by atoms with Gasteiger partial charge in [-0.1, -0.05) is 13.8 Å². The predicted molar refractivity (Wildman–Crippen MR) is 96.3 cm³/mol. The summed E-state index contributed by atoms with van der Waals surface area (Å²) in [6.07, 6.45) is 5.27. The molecule has 3 heteroatoms. The first-order chi connectivity index (χ1) is 12.9. The Morgan fingerprint density at radius 3 is 2.22 bits per heavy atom. The van der Waals surface area contributed by atoms with Crippen LogP contribution < -0.4 is 0 Å². The van der Waals surface area contributed by atoms with Crippen LogP contribution in [0.4, 0.5) is 0 Å². The number of hydrogen-bond acceptors (Lipinski definition) is 3. The Kier molecular flexibility index (Phi) is 1.73. The van der Waals surface area contributed by atoms with E-state index in [2.05, 4.69) is 20.8 Å². The van der Waals surface area contributed by atoms with Crippen LogP contribution in [0.25, 0.3) is 0 Å². The van der Waals surface area contributed by atoms with E-state index in [1.165, 1.54) is 25.7 Å². The zero-order chi connectivity index (χ0) is 18.1. The standard InChI is InChI=1S/C24H30O3/c1-20-7-5-9-13-11-12-14(21(13,2)19(25)26-4)10-6-8-23-16(10)18(12)22(3,17(11)15(9)20)24(20,23)27-23/h9-18H,5-8H2,1-4H3/t9-,10+,11+,12-,13-,14-,15+,16-,17-,18-,20-,21+,22+,23-,24-/m1/s1. The van der Waals surface area contributed by atoms with Crippen molar-refractivity contribution in [2.75, 3.05) is 7.11 Å². The molecular weight excluding hydrogens is 336 g/mol. The molecule has 0 aromatic rings. The molecule has 144 valence electrons. The zero-order valence-electron chi connectivity index (χ0n) is 16.8. The molecule has 1 heterocycles. The third-order valence-corrected chi connectivity index (χ3v) is 13.7. The van der Waals surface area contributed by atoms with Gasteiger partial charge in [0.05, 0.1) is 12.5 Å². The van der Waals surface area contributed by atoms with Gasteiger partial charge in [-0.3, -0.25) is 4.79 Å². The fourth-order valence-electron chi connectivity index (χ4n) is 14.4. The third-order valence-electron chi connectivity index (χ3n) is 13.7. The molecule has 0 bridgehead atoms. The van der Waals surface area contributed by atoms with Gasteiger partial charge in [-0.2, -0.15) is 0 Å². The Bertz CT molecular complexity index is 898. The minimum Gasteiger partial charge on any atom is -0.469 e. The van der Waals surface area contributed by atoms with Crippen molar-refractivity contribution in [3.8, 4) is 0 Å². The van der Waals surface area contributed by atoms with Crippen LogP contribution in [0.1, 0.15) is 46.5 Å². The van der Waals surface area contributed by atoms with Crippen LogP contribution >= 0.6 is 0 Å². The number of hydrogen-bond donors (Lipinski definition) is 0. The number of ether oxygens (including phenoxy) is 2. The lowest BCUT2D eigenvalue weighted by atomic mass is 9.60. The van der Waals surface area contributed by atoms with Crippen molar-refractivity contribution in [2.45, 2.75) is 57.7 Å². The molecule has 1 aliphatic heterocycles. The van der Waals surface area contributed by atoms with Gasteiger partial charge in [0.1, 0.15) is 11.2 Å². The third kappa shape index (κ3) is 0.821. The molecule has 3 nitrogen and oxygen atoms in total. The Balaban J connectivity index is 1.43. The average molecular weight is 367 g/mol. The average Bonchev–Trinajstić information content (AvgIpc) is 3.21. The number of carbonyl (C=O) groups excluding carboxylic acids is 1. The largest absolute Gasteiger partial charge is 0.469 e. The summed E-state index contributed by atoms with van der Waals surface area (Å²) in [5.74, 6) is 7.59. The lowest BCUT2D eigenvalue weighted by molar-refractivity contribution is -0.160. The minimum atomic E-state index is -0.232. The van der Waals surface area contributed by atoms with Crippen molar-refractivity contribution in [2.24, 2.45) is 75.4 Å². The highest BCUT2D eigenvalue weighted by Gasteiger charge is 3.06. The quantitative estimate of drug-likeness (QED) is 0.526. The highest BCUT2D eigenvalue weighted by atomic mass is 16.6. The number of esters is 1. The Morgan fingerprint density at radius 2 is 1.52 bits per heavy atom. The topological polar surface area (TPSA) is 38.8 Å². The summed E-state index contributed by atoms with van der Waals surface area (Å²) in [5, 5.41) is 0.